The minimum absolute atomic E-state index is 0.0999. The Bertz CT molecular complexity index is 1080. The molecule has 0 radical (unpaired) electrons. The molecule has 2 N–H and O–H groups in total. The lowest BCUT2D eigenvalue weighted by Crippen LogP contribution is -2.30. The van der Waals surface area contributed by atoms with Gasteiger partial charge in [0.15, 0.2) is 0 Å². The highest BCUT2D eigenvalue weighted by Gasteiger charge is 2.23. The van der Waals surface area contributed by atoms with Crippen LogP contribution in [0.5, 0.6) is 5.75 Å². The van der Waals surface area contributed by atoms with Crippen molar-refractivity contribution in [2.45, 2.75) is 44.0 Å². The van der Waals surface area contributed by atoms with Crippen LogP contribution in [0.1, 0.15) is 42.6 Å². The molecule has 0 saturated carbocycles. The maximum atomic E-state index is 12.7. The second-order valence-corrected chi connectivity index (χ2v) is 9.74. The molecule has 2 aromatic carbocycles. The molecule has 3 rings (SSSR count). The van der Waals surface area contributed by atoms with Gasteiger partial charge in [-0.3, -0.25) is 9.59 Å². The zero-order valence-electron chi connectivity index (χ0n) is 18.6. The van der Waals surface area contributed by atoms with E-state index in [9.17, 15) is 18.0 Å². The first-order valence-corrected chi connectivity index (χ1v) is 12.1. The molecule has 1 fully saturated rings. The molecule has 172 valence electrons. The molecule has 1 aliphatic heterocycles. The second-order valence-electron chi connectivity index (χ2n) is 8.06. The predicted molar refractivity (Wildman–Crippen MR) is 122 cm³/mol. The fourth-order valence-corrected chi connectivity index (χ4v) is 5.01. The summed E-state index contributed by atoms with van der Waals surface area (Å²) in [7, 11) is -2.47. The molecule has 9 heteroatoms. The van der Waals surface area contributed by atoms with Crippen molar-refractivity contribution in [1.82, 2.24) is 9.62 Å². The minimum Gasteiger partial charge on any atom is -0.495 e. The molecule has 2 aromatic rings. The fraction of sp³-hybridized carbons (Fsp3) is 0.391. The van der Waals surface area contributed by atoms with E-state index in [1.165, 1.54) is 25.3 Å². The van der Waals surface area contributed by atoms with Gasteiger partial charge in [0.2, 0.25) is 15.9 Å². The van der Waals surface area contributed by atoms with Crippen LogP contribution < -0.4 is 14.8 Å². The van der Waals surface area contributed by atoms with Crippen molar-refractivity contribution >= 4 is 27.5 Å². The number of likely N-dealkylation sites (tertiary alicyclic amines) is 1. The number of nitrogens with one attached hydrogen (secondary N) is 2. The maximum absolute atomic E-state index is 12.7. The van der Waals surface area contributed by atoms with E-state index in [0.29, 0.717) is 12.1 Å². The van der Waals surface area contributed by atoms with Crippen LogP contribution in [0.25, 0.3) is 0 Å². The molecule has 32 heavy (non-hydrogen) atoms. The Labute approximate surface area is 189 Å². The van der Waals surface area contributed by atoms with Crippen molar-refractivity contribution in [3.05, 3.63) is 53.6 Å². The Balaban J connectivity index is 1.71. The predicted octanol–water partition coefficient (Wildman–Crippen LogP) is 2.80. The highest BCUT2D eigenvalue weighted by molar-refractivity contribution is 7.89. The third-order valence-electron chi connectivity index (χ3n) is 5.13. The quantitative estimate of drug-likeness (QED) is 0.632. The molecule has 1 heterocycles. The van der Waals surface area contributed by atoms with Crippen LogP contribution >= 0.6 is 0 Å². The molecule has 0 aliphatic carbocycles. The van der Waals surface area contributed by atoms with Crippen molar-refractivity contribution in [2.24, 2.45) is 0 Å². The maximum Gasteiger partial charge on any atom is 0.255 e. The van der Waals surface area contributed by atoms with Crippen molar-refractivity contribution in [3.63, 3.8) is 0 Å². The van der Waals surface area contributed by atoms with Gasteiger partial charge in [-0.05, 0) is 62.6 Å². The van der Waals surface area contributed by atoms with Crippen molar-refractivity contribution in [3.8, 4) is 5.75 Å². The first-order chi connectivity index (χ1) is 15.2. The van der Waals surface area contributed by atoms with Gasteiger partial charge >= 0.3 is 0 Å². The van der Waals surface area contributed by atoms with Crippen LogP contribution in [0.4, 0.5) is 5.69 Å². The highest BCUT2D eigenvalue weighted by atomic mass is 32.2. The number of carbonyl (C=O) groups excluding carboxylic acids is 2. The Morgan fingerprint density at radius 3 is 2.31 bits per heavy atom. The summed E-state index contributed by atoms with van der Waals surface area (Å²) in [5.74, 6) is -0.183. The summed E-state index contributed by atoms with van der Waals surface area (Å²) >= 11 is 0. The topological polar surface area (TPSA) is 105 Å². The van der Waals surface area contributed by atoms with Gasteiger partial charge in [0, 0.05) is 30.4 Å². The second kappa shape index (κ2) is 10.1. The van der Waals surface area contributed by atoms with Crippen LogP contribution in [0.15, 0.2) is 47.4 Å². The molecule has 0 spiro atoms. The van der Waals surface area contributed by atoms with E-state index in [4.69, 9.17) is 4.74 Å². The van der Waals surface area contributed by atoms with Gasteiger partial charge in [-0.2, -0.15) is 0 Å². The van der Waals surface area contributed by atoms with E-state index in [1.807, 2.05) is 4.90 Å². The average Bonchev–Trinajstić information content (AvgIpc) is 3.29. The van der Waals surface area contributed by atoms with Gasteiger partial charge in [0.1, 0.15) is 10.6 Å². The lowest BCUT2D eigenvalue weighted by Gasteiger charge is -2.15. The SMILES string of the molecule is COc1ccc(C(=O)Nc2ccc(CC(=O)N3CCCC3)cc2)cc1S(=O)(=O)NC(C)C. The first kappa shape index (κ1) is 23.7. The summed E-state index contributed by atoms with van der Waals surface area (Å²) in [6.07, 6.45) is 2.44. The molecule has 0 unspecified atom stereocenters. The number of amides is 2. The lowest BCUT2D eigenvalue weighted by atomic mass is 10.1. The van der Waals surface area contributed by atoms with E-state index in [2.05, 4.69) is 10.0 Å². The molecule has 8 nitrogen and oxygen atoms in total. The Hall–Kier alpha value is -2.91. The van der Waals surface area contributed by atoms with E-state index >= 15 is 0 Å². The fourth-order valence-electron chi connectivity index (χ4n) is 3.56. The molecule has 1 aliphatic rings. The monoisotopic (exact) mass is 459 g/mol. The third kappa shape index (κ3) is 5.86. The summed E-state index contributed by atoms with van der Waals surface area (Å²) in [6.45, 7) is 5.06. The number of anilines is 1. The summed E-state index contributed by atoms with van der Waals surface area (Å²) in [5, 5.41) is 2.76. The van der Waals surface area contributed by atoms with Crippen LogP contribution in [0.3, 0.4) is 0 Å². The van der Waals surface area contributed by atoms with Gasteiger partial charge in [-0.15, -0.1) is 0 Å². The van der Waals surface area contributed by atoms with Crippen LogP contribution in [0, 0.1) is 0 Å². The number of hydrogen-bond donors (Lipinski definition) is 2. The molecule has 2 amide bonds. The number of hydrogen-bond acceptors (Lipinski definition) is 5. The number of rotatable bonds is 8. The van der Waals surface area contributed by atoms with E-state index < -0.39 is 15.9 Å². The summed E-state index contributed by atoms with van der Waals surface area (Å²) in [6, 6.07) is 11.0. The van der Waals surface area contributed by atoms with Crippen molar-refractivity contribution in [2.75, 3.05) is 25.5 Å². The van der Waals surface area contributed by atoms with E-state index in [0.717, 1.165) is 31.5 Å². The van der Waals surface area contributed by atoms with Gasteiger partial charge < -0.3 is 15.0 Å². The number of ether oxygens (including phenoxy) is 1. The van der Waals surface area contributed by atoms with Gasteiger partial charge in [-0.25, -0.2) is 13.1 Å². The molecule has 0 aromatic heterocycles. The number of sulfonamides is 1. The number of carbonyl (C=O) groups is 2. The van der Waals surface area contributed by atoms with Crippen LogP contribution in [0.2, 0.25) is 0 Å². The third-order valence-corrected chi connectivity index (χ3v) is 6.81. The molecule has 0 bridgehead atoms. The van der Waals surface area contributed by atoms with Gasteiger partial charge in [-0.1, -0.05) is 12.1 Å². The van der Waals surface area contributed by atoms with Gasteiger partial charge in [0.05, 0.1) is 13.5 Å². The van der Waals surface area contributed by atoms with Crippen molar-refractivity contribution in [1.29, 1.82) is 0 Å². The number of benzene rings is 2. The number of methoxy groups -OCH3 is 1. The Morgan fingerprint density at radius 2 is 1.72 bits per heavy atom. The minimum atomic E-state index is -3.85. The van der Waals surface area contributed by atoms with E-state index in [1.54, 1.807) is 38.1 Å². The van der Waals surface area contributed by atoms with E-state index in [-0.39, 0.29) is 28.2 Å². The molecule has 1 saturated heterocycles. The van der Waals surface area contributed by atoms with Crippen molar-refractivity contribution < 1.29 is 22.7 Å². The average molecular weight is 460 g/mol. The molecular weight excluding hydrogens is 430 g/mol. The Kier molecular flexibility index (Phi) is 7.52. The zero-order chi connectivity index (χ0) is 23.3. The summed E-state index contributed by atoms with van der Waals surface area (Å²) < 4.78 is 32.9. The highest BCUT2D eigenvalue weighted by Crippen LogP contribution is 2.25. The summed E-state index contributed by atoms with van der Waals surface area (Å²) in [5.41, 5.74) is 1.61. The normalized spacial score (nSPS) is 13.9. The molecular formula is C23H29N3O5S. The standard InChI is InChI=1S/C23H29N3O5S/c1-16(2)25-32(29,30)21-15-18(8-11-20(21)31-3)23(28)24-19-9-6-17(7-10-19)14-22(27)26-12-4-5-13-26/h6-11,15-16,25H,4-5,12-14H2,1-3H3,(H,24,28). The zero-order valence-corrected chi connectivity index (χ0v) is 19.4. The van der Waals surface area contributed by atoms with Crippen LogP contribution in [-0.2, 0) is 21.2 Å². The largest absolute Gasteiger partial charge is 0.495 e. The summed E-state index contributed by atoms with van der Waals surface area (Å²) in [4.78, 5) is 26.8. The lowest BCUT2D eigenvalue weighted by molar-refractivity contribution is -0.129. The number of nitrogens with zero attached hydrogens (tertiary/aromatic N) is 1. The first-order valence-electron chi connectivity index (χ1n) is 10.6. The Morgan fingerprint density at radius 1 is 1.06 bits per heavy atom. The van der Waals surface area contributed by atoms with Gasteiger partial charge in [0.25, 0.3) is 5.91 Å². The van der Waals surface area contributed by atoms with Crippen LogP contribution in [-0.4, -0.2) is 51.4 Å². The molecule has 0 atom stereocenters. The smallest absolute Gasteiger partial charge is 0.255 e.